The van der Waals surface area contributed by atoms with E-state index in [-0.39, 0.29) is 11.9 Å². The topological polar surface area (TPSA) is 79.2 Å². The van der Waals surface area contributed by atoms with Crippen LogP contribution in [0, 0.1) is 11.3 Å². The highest BCUT2D eigenvalue weighted by molar-refractivity contribution is 5.94. The molecule has 0 atom stereocenters. The lowest BCUT2D eigenvalue weighted by atomic mass is 10.1. The Morgan fingerprint density at radius 1 is 1.12 bits per heavy atom. The van der Waals surface area contributed by atoms with Crippen LogP contribution in [-0.2, 0) is 22.5 Å². The van der Waals surface area contributed by atoms with E-state index in [0.717, 1.165) is 11.1 Å². The average molecular weight is 336 g/mol. The summed E-state index contributed by atoms with van der Waals surface area (Å²) < 4.78 is 4.92. The van der Waals surface area contributed by atoms with Gasteiger partial charge in [-0.05, 0) is 42.7 Å². The number of ether oxygens (including phenoxy) is 1. The van der Waals surface area contributed by atoms with Crippen molar-refractivity contribution in [2.24, 2.45) is 0 Å². The lowest BCUT2D eigenvalue weighted by Gasteiger charge is -2.08. The number of aryl methyl sites for hydroxylation is 1. The van der Waals surface area contributed by atoms with E-state index in [1.54, 1.807) is 31.2 Å². The van der Waals surface area contributed by atoms with Crippen molar-refractivity contribution in [3.8, 4) is 6.07 Å². The summed E-state index contributed by atoms with van der Waals surface area (Å²) >= 11 is 0. The van der Waals surface area contributed by atoms with E-state index in [9.17, 15) is 9.59 Å². The first-order valence-electron chi connectivity index (χ1n) is 8.14. The van der Waals surface area contributed by atoms with Gasteiger partial charge < -0.3 is 10.1 Å². The standard InChI is InChI=1S/C20H20N2O3/c1-2-25-19(23)10-9-15-5-3-7-17(11-15)14-22-20(24)18-8-4-6-16(12-18)13-21/h3-8,11-12H,2,9-10,14H2,1H3,(H,22,24). The molecule has 0 fully saturated rings. The minimum atomic E-state index is -0.228. The minimum Gasteiger partial charge on any atom is -0.466 e. The molecule has 0 aliphatic carbocycles. The van der Waals surface area contributed by atoms with E-state index in [0.29, 0.717) is 37.1 Å². The monoisotopic (exact) mass is 336 g/mol. The first-order valence-corrected chi connectivity index (χ1v) is 8.14. The molecule has 5 nitrogen and oxygen atoms in total. The molecular weight excluding hydrogens is 316 g/mol. The molecule has 5 heteroatoms. The number of amides is 1. The number of nitrogens with zero attached hydrogens (tertiary/aromatic N) is 1. The Bertz CT molecular complexity index is 794. The summed E-state index contributed by atoms with van der Waals surface area (Å²) in [5.41, 5.74) is 2.88. The summed E-state index contributed by atoms with van der Waals surface area (Å²) in [5, 5.41) is 11.7. The van der Waals surface area contributed by atoms with Gasteiger partial charge in [0.05, 0.1) is 18.2 Å². The number of carbonyl (C=O) groups is 2. The zero-order valence-electron chi connectivity index (χ0n) is 14.1. The second kappa shape index (κ2) is 9.24. The predicted octanol–water partition coefficient (Wildman–Crippen LogP) is 2.98. The number of hydrogen-bond acceptors (Lipinski definition) is 4. The summed E-state index contributed by atoms with van der Waals surface area (Å²) in [6, 6.07) is 16.3. The minimum absolute atomic E-state index is 0.210. The van der Waals surface area contributed by atoms with Crippen molar-refractivity contribution < 1.29 is 14.3 Å². The summed E-state index contributed by atoms with van der Waals surface area (Å²) in [6.07, 6.45) is 0.940. The molecule has 0 saturated carbocycles. The number of nitrogens with one attached hydrogen (secondary N) is 1. The van der Waals surface area contributed by atoms with Crippen molar-refractivity contribution in [1.29, 1.82) is 5.26 Å². The lowest BCUT2D eigenvalue weighted by Crippen LogP contribution is -2.22. The first kappa shape index (κ1) is 18.2. The van der Waals surface area contributed by atoms with Crippen LogP contribution in [0.1, 0.15) is 40.4 Å². The van der Waals surface area contributed by atoms with Crippen LogP contribution in [0.5, 0.6) is 0 Å². The number of esters is 1. The second-order valence-electron chi connectivity index (χ2n) is 5.50. The van der Waals surface area contributed by atoms with Crippen LogP contribution in [0.2, 0.25) is 0 Å². The van der Waals surface area contributed by atoms with Crippen LogP contribution >= 0.6 is 0 Å². The molecule has 0 aliphatic heterocycles. The highest BCUT2D eigenvalue weighted by atomic mass is 16.5. The molecular formula is C20H20N2O3. The Hall–Kier alpha value is -3.13. The third kappa shape index (κ3) is 5.78. The van der Waals surface area contributed by atoms with Crippen molar-refractivity contribution in [3.05, 3.63) is 70.8 Å². The first-order chi connectivity index (χ1) is 12.1. The molecule has 0 aromatic heterocycles. The van der Waals surface area contributed by atoms with Crippen LogP contribution in [-0.4, -0.2) is 18.5 Å². The predicted molar refractivity (Wildman–Crippen MR) is 93.7 cm³/mol. The maximum atomic E-state index is 12.2. The Kier molecular flexibility index (Phi) is 6.73. The number of hydrogen-bond donors (Lipinski definition) is 1. The third-order valence-electron chi connectivity index (χ3n) is 3.62. The van der Waals surface area contributed by atoms with Gasteiger partial charge in [0.25, 0.3) is 5.91 Å². The molecule has 0 aliphatic rings. The van der Waals surface area contributed by atoms with Crippen LogP contribution in [0.15, 0.2) is 48.5 Å². The molecule has 128 valence electrons. The highest BCUT2D eigenvalue weighted by Crippen LogP contribution is 2.09. The number of carbonyl (C=O) groups excluding carboxylic acids is 2. The molecule has 0 heterocycles. The maximum Gasteiger partial charge on any atom is 0.306 e. The highest BCUT2D eigenvalue weighted by Gasteiger charge is 2.07. The van der Waals surface area contributed by atoms with E-state index in [2.05, 4.69) is 5.32 Å². The van der Waals surface area contributed by atoms with E-state index in [1.807, 2.05) is 30.3 Å². The van der Waals surface area contributed by atoms with Gasteiger partial charge in [0.2, 0.25) is 0 Å². The third-order valence-corrected chi connectivity index (χ3v) is 3.62. The molecule has 2 rings (SSSR count). The fraction of sp³-hybridized carbons (Fsp3) is 0.250. The summed E-state index contributed by atoms with van der Waals surface area (Å²) in [6.45, 7) is 2.55. The van der Waals surface area contributed by atoms with Gasteiger partial charge in [-0.3, -0.25) is 9.59 Å². The molecule has 0 saturated heterocycles. The van der Waals surface area contributed by atoms with Crippen molar-refractivity contribution in [1.82, 2.24) is 5.32 Å². The van der Waals surface area contributed by atoms with Crippen molar-refractivity contribution in [2.45, 2.75) is 26.3 Å². The Morgan fingerprint density at radius 3 is 2.64 bits per heavy atom. The van der Waals surface area contributed by atoms with Gasteiger partial charge in [0, 0.05) is 18.5 Å². The van der Waals surface area contributed by atoms with Crippen LogP contribution < -0.4 is 5.32 Å². The van der Waals surface area contributed by atoms with Gasteiger partial charge in [0.15, 0.2) is 0 Å². The van der Waals surface area contributed by atoms with Gasteiger partial charge in [-0.15, -0.1) is 0 Å². The molecule has 0 spiro atoms. The van der Waals surface area contributed by atoms with Crippen LogP contribution in [0.3, 0.4) is 0 Å². The van der Waals surface area contributed by atoms with E-state index >= 15 is 0 Å². The van der Waals surface area contributed by atoms with Crippen molar-refractivity contribution in [3.63, 3.8) is 0 Å². The molecule has 1 amide bonds. The number of benzene rings is 2. The van der Waals surface area contributed by atoms with Crippen LogP contribution in [0.25, 0.3) is 0 Å². The zero-order chi connectivity index (χ0) is 18.1. The Morgan fingerprint density at radius 2 is 1.88 bits per heavy atom. The summed E-state index contributed by atoms with van der Waals surface area (Å²) in [4.78, 5) is 23.6. The van der Waals surface area contributed by atoms with E-state index < -0.39 is 0 Å². The second-order valence-corrected chi connectivity index (χ2v) is 5.50. The maximum absolute atomic E-state index is 12.2. The molecule has 0 bridgehead atoms. The van der Waals surface area contributed by atoms with Crippen molar-refractivity contribution >= 4 is 11.9 Å². The number of nitriles is 1. The SMILES string of the molecule is CCOC(=O)CCc1cccc(CNC(=O)c2cccc(C#N)c2)c1. The normalized spacial score (nSPS) is 9.92. The average Bonchev–Trinajstić information content (AvgIpc) is 2.65. The van der Waals surface area contributed by atoms with E-state index in [1.165, 1.54) is 0 Å². The molecule has 2 aromatic carbocycles. The number of rotatable bonds is 7. The molecule has 0 unspecified atom stereocenters. The summed E-state index contributed by atoms with van der Waals surface area (Å²) in [5.74, 6) is -0.437. The summed E-state index contributed by atoms with van der Waals surface area (Å²) in [7, 11) is 0. The zero-order valence-corrected chi connectivity index (χ0v) is 14.1. The lowest BCUT2D eigenvalue weighted by molar-refractivity contribution is -0.143. The van der Waals surface area contributed by atoms with Gasteiger partial charge in [0.1, 0.15) is 0 Å². The van der Waals surface area contributed by atoms with Crippen molar-refractivity contribution in [2.75, 3.05) is 6.61 Å². The Balaban J connectivity index is 1.92. The van der Waals surface area contributed by atoms with Crippen LogP contribution in [0.4, 0.5) is 0 Å². The molecule has 25 heavy (non-hydrogen) atoms. The fourth-order valence-electron chi connectivity index (χ4n) is 2.39. The molecule has 2 aromatic rings. The fourth-order valence-corrected chi connectivity index (χ4v) is 2.39. The van der Waals surface area contributed by atoms with Gasteiger partial charge in [-0.1, -0.05) is 30.3 Å². The van der Waals surface area contributed by atoms with E-state index in [4.69, 9.17) is 10.00 Å². The quantitative estimate of drug-likeness (QED) is 0.788. The Labute approximate surface area is 147 Å². The molecule has 1 N–H and O–H groups in total. The molecule has 0 radical (unpaired) electrons. The van der Waals surface area contributed by atoms with Gasteiger partial charge >= 0.3 is 5.97 Å². The van der Waals surface area contributed by atoms with Gasteiger partial charge in [-0.25, -0.2) is 0 Å². The smallest absolute Gasteiger partial charge is 0.306 e. The van der Waals surface area contributed by atoms with Gasteiger partial charge in [-0.2, -0.15) is 5.26 Å². The largest absolute Gasteiger partial charge is 0.466 e.